The van der Waals surface area contributed by atoms with Crippen molar-refractivity contribution in [2.45, 2.75) is 25.2 Å². The zero-order chi connectivity index (χ0) is 16.6. The van der Waals surface area contributed by atoms with E-state index >= 15 is 0 Å². The molecule has 1 aliphatic rings. The van der Waals surface area contributed by atoms with E-state index in [4.69, 9.17) is 5.73 Å². The minimum atomic E-state index is -4.74. The Bertz CT molecular complexity index is 726. The number of aromatic nitrogens is 1. The monoisotopic (exact) mass is 327 g/mol. The average Bonchev–Trinajstić information content (AvgIpc) is 2.88. The topological polar surface area (TPSA) is 71.3 Å². The largest absolute Gasteiger partial charge is 0.573 e. The summed E-state index contributed by atoms with van der Waals surface area (Å²) in [7, 11) is 0. The molecule has 8 heteroatoms. The summed E-state index contributed by atoms with van der Waals surface area (Å²) < 4.78 is 40.6. The molecule has 1 amide bonds. The van der Waals surface area contributed by atoms with Gasteiger partial charge < -0.3 is 20.4 Å². The molecule has 1 atom stereocenters. The van der Waals surface area contributed by atoms with Crippen molar-refractivity contribution in [3.05, 3.63) is 30.0 Å². The number of H-pyrrole nitrogens is 1. The number of benzene rings is 1. The van der Waals surface area contributed by atoms with E-state index in [0.29, 0.717) is 29.7 Å². The molecule has 3 N–H and O–H groups in total. The van der Waals surface area contributed by atoms with E-state index in [1.807, 2.05) is 0 Å². The van der Waals surface area contributed by atoms with Crippen LogP contribution in [0, 0.1) is 0 Å². The molecule has 124 valence electrons. The van der Waals surface area contributed by atoms with Gasteiger partial charge in [-0.2, -0.15) is 0 Å². The van der Waals surface area contributed by atoms with E-state index in [1.165, 1.54) is 24.3 Å². The molecule has 0 saturated carbocycles. The number of nitrogens with zero attached hydrogens (tertiary/aromatic N) is 1. The molecule has 1 unspecified atom stereocenters. The Hall–Kier alpha value is -2.22. The van der Waals surface area contributed by atoms with Crippen LogP contribution in [0.5, 0.6) is 5.75 Å². The number of carbonyl (C=O) groups excluding carboxylic acids is 1. The third kappa shape index (κ3) is 3.58. The SMILES string of the molecule is NC1CCCN(C(=O)c2cc3cc(OC(F)(F)F)ccc3[nH]2)C1. The van der Waals surface area contributed by atoms with Gasteiger partial charge in [0.2, 0.25) is 0 Å². The number of rotatable bonds is 2. The lowest BCUT2D eigenvalue weighted by Crippen LogP contribution is -2.45. The van der Waals surface area contributed by atoms with Crippen LogP contribution in [0.15, 0.2) is 24.3 Å². The van der Waals surface area contributed by atoms with Crippen molar-refractivity contribution in [2.75, 3.05) is 13.1 Å². The fourth-order valence-electron chi connectivity index (χ4n) is 2.79. The van der Waals surface area contributed by atoms with Crippen molar-refractivity contribution in [1.29, 1.82) is 0 Å². The molecular formula is C15H16F3N3O2. The minimum Gasteiger partial charge on any atom is -0.406 e. The number of piperidine rings is 1. The number of fused-ring (bicyclic) bond motifs is 1. The van der Waals surface area contributed by atoms with Gasteiger partial charge in [0, 0.05) is 30.0 Å². The highest BCUT2D eigenvalue weighted by Gasteiger charge is 2.31. The Morgan fingerprint density at radius 2 is 2.13 bits per heavy atom. The molecule has 1 aromatic carbocycles. The number of hydrogen-bond acceptors (Lipinski definition) is 3. The van der Waals surface area contributed by atoms with Gasteiger partial charge >= 0.3 is 6.36 Å². The number of carbonyl (C=O) groups is 1. The summed E-state index contributed by atoms with van der Waals surface area (Å²) in [6, 6.07) is 5.40. The van der Waals surface area contributed by atoms with Gasteiger partial charge in [0.25, 0.3) is 5.91 Å². The van der Waals surface area contributed by atoms with Crippen molar-refractivity contribution in [2.24, 2.45) is 5.73 Å². The number of hydrogen-bond donors (Lipinski definition) is 2. The van der Waals surface area contributed by atoms with E-state index < -0.39 is 6.36 Å². The molecule has 2 aromatic rings. The lowest BCUT2D eigenvalue weighted by Gasteiger charge is -2.30. The second-order valence-electron chi connectivity index (χ2n) is 5.63. The van der Waals surface area contributed by atoms with Crippen LogP contribution in [0.3, 0.4) is 0 Å². The van der Waals surface area contributed by atoms with E-state index in [2.05, 4.69) is 9.72 Å². The van der Waals surface area contributed by atoms with E-state index in [-0.39, 0.29) is 17.7 Å². The van der Waals surface area contributed by atoms with E-state index in [0.717, 1.165) is 12.8 Å². The quantitative estimate of drug-likeness (QED) is 0.891. The number of alkyl halides is 3. The van der Waals surface area contributed by atoms with Gasteiger partial charge in [-0.1, -0.05) is 0 Å². The van der Waals surface area contributed by atoms with Gasteiger partial charge in [0.15, 0.2) is 0 Å². The van der Waals surface area contributed by atoms with Crippen LogP contribution < -0.4 is 10.5 Å². The van der Waals surface area contributed by atoms with Crippen LogP contribution in [0.25, 0.3) is 10.9 Å². The molecule has 5 nitrogen and oxygen atoms in total. The van der Waals surface area contributed by atoms with Gasteiger partial charge in [-0.3, -0.25) is 4.79 Å². The number of nitrogens with two attached hydrogens (primary N) is 1. The van der Waals surface area contributed by atoms with Gasteiger partial charge in [-0.05, 0) is 37.1 Å². The highest BCUT2D eigenvalue weighted by molar-refractivity contribution is 5.98. The number of aromatic amines is 1. The van der Waals surface area contributed by atoms with Crippen LogP contribution in [0.2, 0.25) is 0 Å². The summed E-state index contributed by atoms with van der Waals surface area (Å²) in [6.45, 7) is 1.11. The van der Waals surface area contributed by atoms with Crippen LogP contribution in [0.1, 0.15) is 23.3 Å². The highest BCUT2D eigenvalue weighted by Crippen LogP contribution is 2.27. The molecule has 0 bridgehead atoms. The number of amides is 1. The first-order valence-electron chi connectivity index (χ1n) is 7.25. The summed E-state index contributed by atoms with van der Waals surface area (Å²) in [4.78, 5) is 17.0. The molecule has 1 aromatic heterocycles. The molecular weight excluding hydrogens is 311 g/mol. The Labute approximate surface area is 130 Å². The molecule has 0 aliphatic carbocycles. The Balaban J connectivity index is 1.83. The Morgan fingerprint density at radius 1 is 1.35 bits per heavy atom. The van der Waals surface area contributed by atoms with E-state index in [1.54, 1.807) is 4.90 Å². The Morgan fingerprint density at radius 3 is 2.83 bits per heavy atom. The predicted molar refractivity (Wildman–Crippen MR) is 78.1 cm³/mol. The van der Waals surface area contributed by atoms with Gasteiger partial charge in [-0.15, -0.1) is 13.2 Å². The minimum absolute atomic E-state index is 0.0381. The summed E-state index contributed by atoms with van der Waals surface area (Å²) in [5.41, 5.74) is 6.77. The van der Waals surface area contributed by atoms with Crippen LogP contribution in [-0.2, 0) is 0 Å². The first-order chi connectivity index (χ1) is 10.8. The molecule has 2 heterocycles. The summed E-state index contributed by atoms with van der Waals surface area (Å²) in [5.74, 6) is -0.516. The fourth-order valence-corrected chi connectivity index (χ4v) is 2.79. The van der Waals surface area contributed by atoms with Crippen molar-refractivity contribution >= 4 is 16.8 Å². The van der Waals surface area contributed by atoms with Crippen LogP contribution >= 0.6 is 0 Å². The maximum Gasteiger partial charge on any atom is 0.573 e. The molecule has 1 aliphatic heterocycles. The standard InChI is InChI=1S/C15H16F3N3O2/c16-15(17,18)23-11-3-4-12-9(6-11)7-13(20-12)14(22)21-5-1-2-10(19)8-21/h3-4,6-7,10,20H,1-2,5,8,19H2. The van der Waals surface area contributed by atoms with Gasteiger partial charge in [0.1, 0.15) is 11.4 Å². The number of ether oxygens (including phenoxy) is 1. The fraction of sp³-hybridized carbons (Fsp3) is 0.400. The second kappa shape index (κ2) is 5.77. The third-order valence-corrected chi connectivity index (χ3v) is 3.80. The first-order valence-corrected chi connectivity index (χ1v) is 7.25. The van der Waals surface area contributed by atoms with Gasteiger partial charge in [-0.25, -0.2) is 0 Å². The Kier molecular flexibility index (Phi) is 3.93. The van der Waals surface area contributed by atoms with Crippen LogP contribution in [0.4, 0.5) is 13.2 Å². The van der Waals surface area contributed by atoms with Crippen molar-refractivity contribution in [3.8, 4) is 5.75 Å². The molecule has 1 saturated heterocycles. The maximum atomic E-state index is 12.5. The first kappa shape index (κ1) is 15.7. The molecule has 0 spiro atoms. The molecule has 3 rings (SSSR count). The molecule has 1 fully saturated rings. The zero-order valence-electron chi connectivity index (χ0n) is 12.2. The predicted octanol–water partition coefficient (Wildman–Crippen LogP) is 2.63. The smallest absolute Gasteiger partial charge is 0.406 e. The van der Waals surface area contributed by atoms with Crippen LogP contribution in [-0.4, -0.2) is 41.3 Å². The maximum absolute atomic E-state index is 12.5. The van der Waals surface area contributed by atoms with Crippen molar-refractivity contribution in [3.63, 3.8) is 0 Å². The average molecular weight is 327 g/mol. The highest BCUT2D eigenvalue weighted by atomic mass is 19.4. The van der Waals surface area contributed by atoms with Crippen molar-refractivity contribution in [1.82, 2.24) is 9.88 Å². The lowest BCUT2D eigenvalue weighted by molar-refractivity contribution is -0.274. The second-order valence-corrected chi connectivity index (χ2v) is 5.63. The zero-order valence-corrected chi connectivity index (χ0v) is 12.2. The van der Waals surface area contributed by atoms with Crippen molar-refractivity contribution < 1.29 is 22.7 Å². The number of likely N-dealkylation sites (tertiary alicyclic amines) is 1. The normalized spacial score (nSPS) is 19.1. The summed E-state index contributed by atoms with van der Waals surface area (Å²) in [5, 5.41) is 0.483. The summed E-state index contributed by atoms with van der Waals surface area (Å²) in [6.07, 6.45) is -3.02. The number of nitrogens with one attached hydrogen (secondary N) is 1. The molecule has 23 heavy (non-hydrogen) atoms. The number of halogens is 3. The third-order valence-electron chi connectivity index (χ3n) is 3.80. The lowest BCUT2D eigenvalue weighted by atomic mass is 10.1. The van der Waals surface area contributed by atoms with Gasteiger partial charge in [0.05, 0.1) is 0 Å². The summed E-state index contributed by atoms with van der Waals surface area (Å²) >= 11 is 0. The molecule has 0 radical (unpaired) electrons. The van der Waals surface area contributed by atoms with E-state index in [9.17, 15) is 18.0 Å².